The van der Waals surface area contributed by atoms with Crippen LogP contribution >= 0.6 is 0 Å². The number of rotatable bonds is 5. The number of esters is 1. The molecule has 0 aliphatic rings. The molecule has 2 rings (SSSR count). The summed E-state index contributed by atoms with van der Waals surface area (Å²) in [7, 11) is 1.54. The Morgan fingerprint density at radius 2 is 2.14 bits per heavy atom. The first kappa shape index (κ1) is 15.2. The van der Waals surface area contributed by atoms with Crippen molar-refractivity contribution in [1.82, 2.24) is 4.57 Å². The monoisotopic (exact) mass is 293 g/mol. The molecule has 2 aromatic rings. The maximum Gasteiger partial charge on any atom is 0.343 e. The van der Waals surface area contributed by atoms with Gasteiger partial charge in [0.2, 0.25) is 5.43 Å². The summed E-state index contributed by atoms with van der Waals surface area (Å²) >= 11 is 0. The number of methoxy groups -OCH3 is 1. The third kappa shape index (κ3) is 3.11. The van der Waals surface area contributed by atoms with Crippen molar-refractivity contribution >= 4 is 16.9 Å². The van der Waals surface area contributed by atoms with Crippen molar-refractivity contribution in [2.45, 2.75) is 13.5 Å². The Bertz CT molecular complexity index is 723. The molecule has 0 radical (unpaired) electrons. The average Bonchev–Trinajstić information content (AvgIpc) is 2.46. The molecule has 0 bridgehead atoms. The zero-order valence-electron chi connectivity index (χ0n) is 11.9. The van der Waals surface area contributed by atoms with Crippen LogP contribution in [0.2, 0.25) is 0 Å². The summed E-state index contributed by atoms with van der Waals surface area (Å²) in [6.45, 7) is 2.61. The molecule has 0 spiro atoms. The second-order valence-corrected chi connectivity index (χ2v) is 4.44. The molecule has 112 valence electrons. The number of benzene rings is 1. The Hall–Kier alpha value is -2.21. The van der Waals surface area contributed by atoms with Crippen LogP contribution in [-0.2, 0) is 16.0 Å². The molecule has 0 saturated carbocycles. The zero-order valence-corrected chi connectivity index (χ0v) is 11.9. The number of pyridine rings is 1. The van der Waals surface area contributed by atoms with Crippen LogP contribution in [0.25, 0.3) is 10.9 Å². The molecule has 0 saturated heterocycles. The lowest BCUT2D eigenvalue weighted by Crippen LogP contribution is -2.21. The molecular formula is C15H16FNO4. The summed E-state index contributed by atoms with van der Waals surface area (Å²) in [6.07, 6.45) is 1.39. The Labute approximate surface area is 120 Å². The van der Waals surface area contributed by atoms with E-state index in [2.05, 4.69) is 0 Å². The summed E-state index contributed by atoms with van der Waals surface area (Å²) in [4.78, 5) is 24.2. The van der Waals surface area contributed by atoms with Crippen LogP contribution in [-0.4, -0.2) is 30.9 Å². The van der Waals surface area contributed by atoms with E-state index in [1.165, 1.54) is 31.5 Å². The first-order chi connectivity index (χ1) is 10.1. The molecule has 0 aliphatic carbocycles. The van der Waals surface area contributed by atoms with Crippen LogP contribution in [0.4, 0.5) is 4.39 Å². The fourth-order valence-electron chi connectivity index (χ4n) is 2.09. The first-order valence-corrected chi connectivity index (χ1v) is 6.57. The highest BCUT2D eigenvalue weighted by Crippen LogP contribution is 2.14. The van der Waals surface area contributed by atoms with E-state index in [1.54, 1.807) is 11.5 Å². The molecule has 21 heavy (non-hydrogen) atoms. The molecule has 1 aromatic heterocycles. The first-order valence-electron chi connectivity index (χ1n) is 6.57. The van der Waals surface area contributed by atoms with E-state index in [0.717, 1.165) is 0 Å². The van der Waals surface area contributed by atoms with Crippen LogP contribution < -0.4 is 5.43 Å². The Morgan fingerprint density at radius 3 is 2.81 bits per heavy atom. The van der Waals surface area contributed by atoms with Crippen molar-refractivity contribution < 1.29 is 18.7 Å². The van der Waals surface area contributed by atoms with E-state index in [9.17, 15) is 14.0 Å². The Balaban J connectivity index is 2.66. The molecule has 0 fully saturated rings. The number of ether oxygens (including phenoxy) is 2. The van der Waals surface area contributed by atoms with Gasteiger partial charge in [0.15, 0.2) is 0 Å². The van der Waals surface area contributed by atoms with Crippen molar-refractivity contribution in [3.05, 3.63) is 46.0 Å². The van der Waals surface area contributed by atoms with Gasteiger partial charge in [-0.2, -0.15) is 0 Å². The zero-order chi connectivity index (χ0) is 15.4. The van der Waals surface area contributed by atoms with Gasteiger partial charge in [0.05, 0.1) is 18.7 Å². The van der Waals surface area contributed by atoms with Crippen LogP contribution in [0.3, 0.4) is 0 Å². The third-order valence-electron chi connectivity index (χ3n) is 3.08. The Morgan fingerprint density at radius 1 is 1.38 bits per heavy atom. The van der Waals surface area contributed by atoms with E-state index in [-0.39, 0.29) is 17.6 Å². The van der Waals surface area contributed by atoms with Gasteiger partial charge in [-0.3, -0.25) is 4.79 Å². The SMILES string of the molecule is CCOC(=O)c1cn(CCOC)c2cc(F)ccc2c1=O. The standard InChI is InChI=1S/C15H16FNO4/c1-3-21-15(19)12-9-17(6-7-20-2)13-8-10(16)4-5-11(13)14(12)18/h4-5,8-9H,3,6-7H2,1-2H3. The van der Waals surface area contributed by atoms with Gasteiger partial charge < -0.3 is 14.0 Å². The van der Waals surface area contributed by atoms with E-state index >= 15 is 0 Å². The number of nitrogens with zero attached hydrogens (tertiary/aromatic N) is 1. The molecule has 0 aliphatic heterocycles. The van der Waals surface area contributed by atoms with Gasteiger partial charge in [0.1, 0.15) is 11.4 Å². The van der Waals surface area contributed by atoms with Gasteiger partial charge >= 0.3 is 5.97 Å². The topological polar surface area (TPSA) is 57.5 Å². The van der Waals surface area contributed by atoms with Crippen molar-refractivity contribution in [3.8, 4) is 0 Å². The normalized spacial score (nSPS) is 10.8. The molecule has 5 nitrogen and oxygen atoms in total. The number of hydrogen-bond donors (Lipinski definition) is 0. The molecule has 0 unspecified atom stereocenters. The minimum atomic E-state index is -0.681. The molecule has 6 heteroatoms. The minimum absolute atomic E-state index is 0.0629. The minimum Gasteiger partial charge on any atom is -0.462 e. The average molecular weight is 293 g/mol. The molecule has 1 heterocycles. The maximum atomic E-state index is 13.4. The fraction of sp³-hybridized carbons (Fsp3) is 0.333. The largest absolute Gasteiger partial charge is 0.462 e. The fourth-order valence-corrected chi connectivity index (χ4v) is 2.09. The number of aromatic nitrogens is 1. The number of halogens is 1. The van der Waals surface area contributed by atoms with Crippen LogP contribution in [0.5, 0.6) is 0 Å². The van der Waals surface area contributed by atoms with Gasteiger partial charge in [-0.05, 0) is 25.1 Å². The lowest BCUT2D eigenvalue weighted by atomic mass is 10.1. The quantitative estimate of drug-likeness (QED) is 0.791. The van der Waals surface area contributed by atoms with E-state index in [4.69, 9.17) is 9.47 Å². The highest BCUT2D eigenvalue weighted by Gasteiger charge is 2.16. The summed E-state index contributed by atoms with van der Waals surface area (Å²) in [6, 6.07) is 3.83. The molecule has 0 atom stereocenters. The lowest BCUT2D eigenvalue weighted by Gasteiger charge is -2.12. The summed E-state index contributed by atoms with van der Waals surface area (Å²) in [5.41, 5.74) is -0.103. The summed E-state index contributed by atoms with van der Waals surface area (Å²) in [5.74, 6) is -1.13. The molecule has 1 aromatic carbocycles. The predicted molar refractivity (Wildman–Crippen MR) is 76.0 cm³/mol. The third-order valence-corrected chi connectivity index (χ3v) is 3.08. The van der Waals surface area contributed by atoms with Crippen molar-refractivity contribution in [2.75, 3.05) is 20.3 Å². The molecule has 0 amide bonds. The summed E-state index contributed by atoms with van der Waals surface area (Å²) < 4.78 is 24.9. The molecule has 0 N–H and O–H groups in total. The van der Waals surface area contributed by atoms with E-state index in [1.807, 2.05) is 0 Å². The smallest absolute Gasteiger partial charge is 0.343 e. The van der Waals surface area contributed by atoms with Gasteiger partial charge in [0, 0.05) is 25.2 Å². The van der Waals surface area contributed by atoms with Gasteiger partial charge in [-0.1, -0.05) is 0 Å². The number of hydrogen-bond acceptors (Lipinski definition) is 4. The second kappa shape index (κ2) is 6.49. The van der Waals surface area contributed by atoms with Crippen molar-refractivity contribution in [2.24, 2.45) is 0 Å². The van der Waals surface area contributed by atoms with E-state index in [0.29, 0.717) is 18.7 Å². The highest BCUT2D eigenvalue weighted by atomic mass is 19.1. The van der Waals surface area contributed by atoms with Crippen molar-refractivity contribution in [1.29, 1.82) is 0 Å². The van der Waals surface area contributed by atoms with Gasteiger partial charge in [-0.25, -0.2) is 9.18 Å². The number of carbonyl (C=O) groups excluding carboxylic acids is 1. The van der Waals surface area contributed by atoms with Gasteiger partial charge in [-0.15, -0.1) is 0 Å². The Kier molecular flexibility index (Phi) is 4.70. The number of fused-ring (bicyclic) bond motifs is 1. The lowest BCUT2D eigenvalue weighted by molar-refractivity contribution is 0.0524. The molecular weight excluding hydrogens is 277 g/mol. The van der Waals surface area contributed by atoms with Crippen molar-refractivity contribution in [3.63, 3.8) is 0 Å². The van der Waals surface area contributed by atoms with Crippen LogP contribution in [0, 0.1) is 5.82 Å². The predicted octanol–water partition coefficient (Wildman–Crippen LogP) is 1.96. The van der Waals surface area contributed by atoms with Crippen LogP contribution in [0.1, 0.15) is 17.3 Å². The van der Waals surface area contributed by atoms with Crippen LogP contribution in [0.15, 0.2) is 29.2 Å². The number of carbonyl (C=O) groups is 1. The maximum absolute atomic E-state index is 13.4. The van der Waals surface area contributed by atoms with Gasteiger partial charge in [0.25, 0.3) is 0 Å². The highest BCUT2D eigenvalue weighted by molar-refractivity contribution is 5.93. The van der Waals surface area contributed by atoms with E-state index < -0.39 is 17.2 Å². The second-order valence-electron chi connectivity index (χ2n) is 4.44. The summed E-state index contributed by atoms with van der Waals surface area (Å²) in [5, 5.41) is 0.276.